The molecule has 0 unspecified atom stereocenters. The van der Waals surface area contributed by atoms with E-state index in [1.165, 1.54) is 0 Å². The Labute approximate surface area is 418 Å². The van der Waals surface area contributed by atoms with Crippen molar-refractivity contribution in [2.45, 2.75) is 0 Å². The summed E-state index contributed by atoms with van der Waals surface area (Å²) in [5, 5.41) is 10.6. The van der Waals surface area contributed by atoms with Crippen LogP contribution >= 0.6 is 0 Å². The van der Waals surface area contributed by atoms with Crippen LogP contribution in [0.1, 0.15) is 11.0 Å². The van der Waals surface area contributed by atoms with Gasteiger partial charge < -0.3 is 0 Å². The Hall–Kier alpha value is -9.10. The van der Waals surface area contributed by atoms with Gasteiger partial charge in [0.1, 0.15) is 0 Å². The highest BCUT2D eigenvalue weighted by molar-refractivity contribution is 6.26. The van der Waals surface area contributed by atoms with Gasteiger partial charge >= 0.3 is 0 Å². The molecule has 0 radical (unpaired) electrons. The Balaban J connectivity index is 1.22. The molecule has 0 saturated heterocycles. The summed E-state index contributed by atoms with van der Waals surface area (Å²) < 4.78 is 78.2. The summed E-state index contributed by atoms with van der Waals surface area (Å²) in [6.45, 7) is 0. The number of hydrogen-bond acceptors (Lipinski definition) is 0. The fourth-order valence-electron chi connectivity index (χ4n) is 11.2. The van der Waals surface area contributed by atoms with Crippen LogP contribution in [0.5, 0.6) is 0 Å². The van der Waals surface area contributed by atoms with Gasteiger partial charge in [-0.2, -0.15) is 0 Å². The van der Waals surface area contributed by atoms with E-state index < -0.39 is 24.2 Å². The summed E-state index contributed by atoms with van der Waals surface area (Å²) in [6.07, 6.45) is 0. The van der Waals surface area contributed by atoms with E-state index >= 15 is 0 Å². The Morgan fingerprint density at radius 2 is 0.729 bits per heavy atom. The van der Waals surface area contributed by atoms with Crippen molar-refractivity contribution in [3.8, 4) is 66.8 Å². The van der Waals surface area contributed by atoms with Crippen molar-refractivity contribution in [3.05, 3.63) is 267 Å². The molecule has 0 aliphatic rings. The molecule has 0 saturated carbocycles. The van der Waals surface area contributed by atoms with Gasteiger partial charge in [0.05, 0.1) is 11.0 Å². The Kier molecular flexibility index (Phi) is 7.59. The highest BCUT2D eigenvalue weighted by Gasteiger charge is 2.26. The van der Waals surface area contributed by atoms with Gasteiger partial charge in [-0.1, -0.05) is 255 Å². The SMILES string of the molecule is [2H]c1c([2H])c([2H])c2c(-c3c(-c4ccccc4-c4cccc5c4ccc4ccccc45)c(-c4ccccc4)cc4ccccc34)c3c(-c4ccccc4-c4cccc5c4ccc4ccccc45)c([2H])c([2H])c([2H])c3c([2H])c2c1[2H]. The minimum Gasteiger partial charge on any atom is -0.0622 e. The number of hydrogen-bond donors (Lipinski definition) is 0. The molecule has 0 heteroatoms. The van der Waals surface area contributed by atoms with E-state index in [1.54, 1.807) is 0 Å². The summed E-state index contributed by atoms with van der Waals surface area (Å²) in [5.74, 6) is 0. The summed E-state index contributed by atoms with van der Waals surface area (Å²) in [6, 6.07) is 71.2. The maximum Gasteiger partial charge on any atom is 0.0636 e. The second-order valence-electron chi connectivity index (χ2n) is 18.0. The van der Waals surface area contributed by atoms with Crippen LogP contribution < -0.4 is 0 Å². The molecule has 0 aliphatic carbocycles. The van der Waals surface area contributed by atoms with Crippen molar-refractivity contribution >= 4 is 75.4 Å². The average molecular weight is 893 g/mol. The minimum absolute atomic E-state index is 0.0200. The van der Waals surface area contributed by atoms with Gasteiger partial charge in [-0.3, -0.25) is 0 Å². The maximum absolute atomic E-state index is 10.2. The smallest absolute Gasteiger partial charge is 0.0622 e. The van der Waals surface area contributed by atoms with Crippen molar-refractivity contribution < 1.29 is 11.0 Å². The zero-order valence-electron chi connectivity index (χ0n) is 45.8. The summed E-state index contributed by atoms with van der Waals surface area (Å²) >= 11 is 0. The largest absolute Gasteiger partial charge is 0.0636 e. The molecular formula is C70H44. The molecule has 14 aromatic rings. The molecule has 0 fully saturated rings. The first-order chi connectivity index (χ1) is 38.1. The van der Waals surface area contributed by atoms with Gasteiger partial charge in [-0.05, 0) is 154 Å². The second kappa shape index (κ2) is 16.3. The quantitative estimate of drug-likeness (QED) is 0.115. The molecule has 324 valence electrons. The van der Waals surface area contributed by atoms with Crippen LogP contribution in [0.2, 0.25) is 0 Å². The van der Waals surface area contributed by atoms with Crippen LogP contribution in [0.25, 0.3) is 142 Å². The van der Waals surface area contributed by atoms with Crippen LogP contribution in [0.4, 0.5) is 0 Å². The molecule has 0 aliphatic heterocycles. The maximum atomic E-state index is 10.2. The normalized spacial score (nSPS) is 13.3. The lowest BCUT2D eigenvalue weighted by Gasteiger charge is -2.25. The molecule has 0 aromatic heterocycles. The van der Waals surface area contributed by atoms with E-state index in [0.717, 1.165) is 98.4 Å². The van der Waals surface area contributed by atoms with E-state index in [-0.39, 0.29) is 51.3 Å². The first-order valence-electron chi connectivity index (χ1n) is 27.7. The lowest BCUT2D eigenvalue weighted by Crippen LogP contribution is -1.98. The first-order valence-corrected chi connectivity index (χ1v) is 23.7. The molecule has 0 heterocycles. The molecule has 14 rings (SSSR count). The monoisotopic (exact) mass is 892 g/mol. The zero-order chi connectivity index (χ0) is 53.1. The molecule has 0 spiro atoms. The van der Waals surface area contributed by atoms with Crippen LogP contribution in [0.3, 0.4) is 0 Å². The van der Waals surface area contributed by atoms with Crippen molar-refractivity contribution in [1.29, 1.82) is 0 Å². The molecule has 0 amide bonds. The molecule has 0 bridgehead atoms. The molecular weight excluding hydrogens is 841 g/mol. The first kappa shape index (κ1) is 32.6. The Morgan fingerprint density at radius 3 is 1.40 bits per heavy atom. The highest BCUT2D eigenvalue weighted by Crippen LogP contribution is 2.53. The number of benzene rings is 14. The Bertz CT molecular complexity index is 4890. The van der Waals surface area contributed by atoms with E-state index in [9.17, 15) is 9.60 Å². The summed E-state index contributed by atoms with van der Waals surface area (Å²) in [5.41, 5.74) is 8.72. The fourth-order valence-corrected chi connectivity index (χ4v) is 11.2. The molecule has 0 nitrogen and oxygen atoms in total. The third-order valence-electron chi connectivity index (χ3n) is 14.2. The predicted octanol–water partition coefficient (Wildman–Crippen LogP) is 19.8. The van der Waals surface area contributed by atoms with E-state index in [1.807, 2.05) is 103 Å². The van der Waals surface area contributed by atoms with Crippen molar-refractivity contribution in [2.75, 3.05) is 0 Å². The predicted molar refractivity (Wildman–Crippen MR) is 302 cm³/mol. The van der Waals surface area contributed by atoms with Gasteiger partial charge in [0.25, 0.3) is 0 Å². The van der Waals surface area contributed by atoms with Gasteiger partial charge in [0.2, 0.25) is 0 Å². The lowest BCUT2D eigenvalue weighted by atomic mass is 9.78. The third-order valence-corrected chi connectivity index (χ3v) is 14.2. The topological polar surface area (TPSA) is 0 Å². The van der Waals surface area contributed by atoms with E-state index in [0.29, 0.717) is 16.7 Å². The van der Waals surface area contributed by atoms with Crippen molar-refractivity contribution in [1.82, 2.24) is 0 Å². The Morgan fingerprint density at radius 1 is 0.229 bits per heavy atom. The van der Waals surface area contributed by atoms with Crippen LogP contribution in [-0.4, -0.2) is 0 Å². The van der Waals surface area contributed by atoms with Crippen molar-refractivity contribution in [2.24, 2.45) is 0 Å². The molecule has 0 atom stereocenters. The summed E-state index contributed by atoms with van der Waals surface area (Å²) in [7, 11) is 0. The standard InChI is InChI=1S/C70H44/c1-2-19-45(20-3-1)66-44-49-24-7-11-29-54(49)70(68(66)65-33-15-14-32-61(65)59-37-18-35-56-52-27-9-5-22-47(52)40-42-63(56)59)69-53-28-10-6-23-48(53)43-50-25-16-38-64(67(50)69)60-31-13-12-30-57(60)58-36-17-34-55-51-26-8-4-21-46(51)39-41-62(55)58/h1-44H/i6D,10D,16D,23D,25D,28D,38D,43D. The van der Waals surface area contributed by atoms with E-state index in [4.69, 9.17) is 1.37 Å². The zero-order valence-corrected chi connectivity index (χ0v) is 37.8. The highest BCUT2D eigenvalue weighted by atomic mass is 14.3. The third kappa shape index (κ3) is 6.31. The number of fused-ring (bicyclic) bond motifs is 9. The molecule has 70 heavy (non-hydrogen) atoms. The van der Waals surface area contributed by atoms with Crippen molar-refractivity contribution in [3.63, 3.8) is 0 Å². The van der Waals surface area contributed by atoms with Crippen LogP contribution in [-0.2, 0) is 0 Å². The van der Waals surface area contributed by atoms with Gasteiger partial charge in [-0.15, -0.1) is 0 Å². The van der Waals surface area contributed by atoms with Gasteiger partial charge in [0.15, 0.2) is 0 Å². The fraction of sp³-hybridized carbons (Fsp3) is 0. The second-order valence-corrected chi connectivity index (χ2v) is 18.0. The van der Waals surface area contributed by atoms with Gasteiger partial charge in [-0.25, -0.2) is 0 Å². The van der Waals surface area contributed by atoms with Gasteiger partial charge in [0, 0.05) is 0 Å². The summed E-state index contributed by atoms with van der Waals surface area (Å²) in [4.78, 5) is 0. The molecule has 0 N–H and O–H groups in total. The van der Waals surface area contributed by atoms with Crippen LogP contribution in [0, 0.1) is 0 Å². The minimum atomic E-state index is -0.507. The number of rotatable bonds is 6. The van der Waals surface area contributed by atoms with E-state index in [2.05, 4.69) is 115 Å². The van der Waals surface area contributed by atoms with Crippen LogP contribution in [0.15, 0.2) is 267 Å². The average Bonchev–Trinajstić information content (AvgIpc) is 3.60. The lowest BCUT2D eigenvalue weighted by molar-refractivity contribution is 1.58. The molecule has 14 aromatic carbocycles.